The molecule has 2 heteroatoms. The van der Waals surface area contributed by atoms with E-state index >= 15 is 0 Å². The molecular weight excluding hydrogens is 534 g/mol. The van der Waals surface area contributed by atoms with Crippen molar-refractivity contribution >= 4 is 0 Å². The van der Waals surface area contributed by atoms with Crippen molar-refractivity contribution in [3.63, 3.8) is 0 Å². The summed E-state index contributed by atoms with van der Waals surface area (Å²) in [5.74, 6) is 0. The summed E-state index contributed by atoms with van der Waals surface area (Å²) in [5, 5.41) is 0. The lowest BCUT2D eigenvalue weighted by Crippen LogP contribution is -2.18. The maximum Gasteiger partial charge on any atom is 0.0575 e. The molecule has 0 bridgehead atoms. The molecule has 0 aromatic rings. The quantitative estimate of drug-likeness (QED) is 0.0310. The molecule has 0 aromatic heterocycles. The van der Waals surface area contributed by atoms with Crippen LogP contribution in [0.2, 0.25) is 0 Å². The lowest BCUT2D eigenvalue weighted by Gasteiger charge is -2.19. The van der Waals surface area contributed by atoms with Gasteiger partial charge in [-0.2, -0.15) is 0 Å². The van der Waals surface area contributed by atoms with E-state index in [2.05, 4.69) is 87.2 Å². The van der Waals surface area contributed by atoms with Crippen LogP contribution in [0.15, 0.2) is 54.3 Å². The van der Waals surface area contributed by atoms with E-state index < -0.39 is 0 Å². The third kappa shape index (κ3) is 36.8. The van der Waals surface area contributed by atoms with Crippen molar-refractivity contribution in [1.29, 1.82) is 0 Å². The normalized spacial score (nSPS) is 12.7. The average Bonchev–Trinajstić information content (AvgIpc) is 3.02. The van der Waals surface area contributed by atoms with Gasteiger partial charge in [0.05, 0.1) is 6.10 Å². The first-order valence-corrected chi connectivity index (χ1v) is 19.3. The van der Waals surface area contributed by atoms with Gasteiger partial charge in [-0.15, -0.1) is 5.73 Å². The lowest BCUT2D eigenvalue weighted by atomic mass is 10.0. The van der Waals surface area contributed by atoms with Crippen molar-refractivity contribution in [2.75, 3.05) is 27.2 Å². The Labute approximate surface area is 277 Å². The highest BCUT2D eigenvalue weighted by atomic mass is 16.5. The van der Waals surface area contributed by atoms with Gasteiger partial charge in [0.15, 0.2) is 0 Å². The van der Waals surface area contributed by atoms with Crippen LogP contribution in [0.1, 0.15) is 181 Å². The van der Waals surface area contributed by atoms with Crippen LogP contribution in [0.25, 0.3) is 0 Å². The molecule has 0 N–H and O–H groups in total. The fraction of sp³-hybridized carbons (Fsp3) is 0.786. The van der Waals surface area contributed by atoms with Gasteiger partial charge in [-0.25, -0.2) is 0 Å². The summed E-state index contributed by atoms with van der Waals surface area (Å²) in [6, 6.07) is 0. The SMILES string of the molecule is CCCCCC=C=CC=CCCCCCCCCC(CCCCCCCCC=CCC=CCCCCC)OCCCN(C)C. The third-order valence-corrected chi connectivity index (χ3v) is 8.38. The molecule has 0 aliphatic carbocycles. The van der Waals surface area contributed by atoms with Crippen LogP contribution < -0.4 is 0 Å². The summed E-state index contributed by atoms with van der Waals surface area (Å²) in [6.07, 6.45) is 52.5. The van der Waals surface area contributed by atoms with Crippen LogP contribution in [-0.2, 0) is 4.74 Å². The van der Waals surface area contributed by atoms with E-state index in [-0.39, 0.29) is 0 Å². The number of hydrogen-bond donors (Lipinski definition) is 0. The maximum absolute atomic E-state index is 6.38. The molecule has 0 fully saturated rings. The highest BCUT2D eigenvalue weighted by Gasteiger charge is 2.09. The van der Waals surface area contributed by atoms with Crippen LogP contribution in [0.3, 0.4) is 0 Å². The topological polar surface area (TPSA) is 12.5 Å². The molecule has 2 nitrogen and oxygen atoms in total. The molecule has 1 unspecified atom stereocenters. The minimum atomic E-state index is 0.474. The van der Waals surface area contributed by atoms with E-state index in [4.69, 9.17) is 4.74 Å². The molecule has 0 saturated carbocycles. The van der Waals surface area contributed by atoms with Gasteiger partial charge in [-0.1, -0.05) is 140 Å². The third-order valence-electron chi connectivity index (χ3n) is 8.38. The van der Waals surface area contributed by atoms with Gasteiger partial charge in [0.25, 0.3) is 0 Å². The van der Waals surface area contributed by atoms with E-state index in [1.807, 2.05) is 0 Å². The molecule has 0 saturated heterocycles. The first-order valence-electron chi connectivity index (χ1n) is 19.3. The fourth-order valence-corrected chi connectivity index (χ4v) is 5.51. The number of nitrogens with zero attached hydrogens (tertiary/aromatic N) is 1. The Kier molecular flexibility index (Phi) is 36.7. The smallest absolute Gasteiger partial charge is 0.0575 e. The summed E-state index contributed by atoms with van der Waals surface area (Å²) in [6.45, 7) is 6.57. The lowest BCUT2D eigenvalue weighted by molar-refractivity contribution is 0.0342. The number of allylic oxidation sites excluding steroid dienone is 7. The van der Waals surface area contributed by atoms with Crippen molar-refractivity contribution in [1.82, 2.24) is 4.90 Å². The molecular formula is C42H77NO. The van der Waals surface area contributed by atoms with E-state index in [1.165, 1.54) is 148 Å². The largest absolute Gasteiger partial charge is 0.378 e. The molecule has 0 amide bonds. The second-order valence-electron chi connectivity index (χ2n) is 13.2. The Morgan fingerprint density at radius 3 is 1.61 bits per heavy atom. The zero-order chi connectivity index (χ0) is 32.0. The number of hydrogen-bond acceptors (Lipinski definition) is 2. The zero-order valence-electron chi connectivity index (χ0n) is 30.4. The Balaban J connectivity index is 3.87. The number of rotatable bonds is 34. The van der Waals surface area contributed by atoms with Crippen molar-refractivity contribution in [2.45, 2.75) is 187 Å². The first-order chi connectivity index (χ1) is 21.7. The first kappa shape index (κ1) is 42.7. The maximum atomic E-state index is 6.38. The van der Waals surface area contributed by atoms with Crippen molar-refractivity contribution in [2.24, 2.45) is 0 Å². The van der Waals surface area contributed by atoms with Crippen LogP contribution >= 0.6 is 0 Å². The van der Waals surface area contributed by atoms with E-state index in [1.54, 1.807) is 0 Å². The minimum absolute atomic E-state index is 0.474. The van der Waals surface area contributed by atoms with Crippen LogP contribution in [-0.4, -0.2) is 38.3 Å². The summed E-state index contributed by atoms with van der Waals surface area (Å²) >= 11 is 0. The molecule has 0 aliphatic rings. The molecule has 44 heavy (non-hydrogen) atoms. The van der Waals surface area contributed by atoms with Crippen LogP contribution in [0.4, 0.5) is 0 Å². The monoisotopic (exact) mass is 612 g/mol. The summed E-state index contributed by atoms with van der Waals surface area (Å²) in [5.41, 5.74) is 3.29. The summed E-state index contributed by atoms with van der Waals surface area (Å²) < 4.78 is 6.38. The zero-order valence-corrected chi connectivity index (χ0v) is 30.4. The average molecular weight is 612 g/mol. The molecule has 0 heterocycles. The molecule has 0 aromatic carbocycles. The second-order valence-corrected chi connectivity index (χ2v) is 13.2. The Morgan fingerprint density at radius 1 is 0.545 bits per heavy atom. The summed E-state index contributed by atoms with van der Waals surface area (Å²) in [4.78, 5) is 2.26. The van der Waals surface area contributed by atoms with Gasteiger partial charge in [0.1, 0.15) is 0 Å². The molecule has 1 atom stereocenters. The highest BCUT2D eigenvalue weighted by molar-refractivity contribution is 5.02. The van der Waals surface area contributed by atoms with Crippen LogP contribution in [0, 0.1) is 0 Å². The van der Waals surface area contributed by atoms with E-state index in [9.17, 15) is 0 Å². The molecule has 0 spiro atoms. The van der Waals surface area contributed by atoms with Gasteiger partial charge in [-0.3, -0.25) is 0 Å². The number of ether oxygens (including phenoxy) is 1. The van der Waals surface area contributed by atoms with Gasteiger partial charge in [0.2, 0.25) is 0 Å². The standard InChI is InChI=1S/C42H77NO/c1-5-7-9-11-13-15-17-19-21-23-25-27-29-31-33-35-38-42(44-41-37-40-43(3)4)39-36-34-32-30-28-26-24-22-20-18-16-14-12-10-8-6-2/h13-15,18-22,42H,5-12,17,23-41H2,1-4H3. The second kappa shape index (κ2) is 37.8. The molecule has 0 rings (SSSR count). The van der Waals surface area contributed by atoms with Crippen molar-refractivity contribution in [3.05, 3.63) is 54.3 Å². The Hall–Kier alpha value is -1.34. The predicted molar refractivity (Wildman–Crippen MR) is 200 cm³/mol. The molecule has 0 aliphatic heterocycles. The van der Waals surface area contributed by atoms with Gasteiger partial charge in [0, 0.05) is 6.61 Å². The van der Waals surface area contributed by atoms with Gasteiger partial charge >= 0.3 is 0 Å². The minimum Gasteiger partial charge on any atom is -0.378 e. The Bertz CT molecular complexity index is 697. The summed E-state index contributed by atoms with van der Waals surface area (Å²) in [7, 11) is 4.31. The Morgan fingerprint density at radius 2 is 1.05 bits per heavy atom. The van der Waals surface area contributed by atoms with Crippen molar-refractivity contribution in [3.8, 4) is 0 Å². The predicted octanol–water partition coefficient (Wildman–Crippen LogP) is 13.5. The number of unbranched alkanes of at least 4 members (excludes halogenated alkanes) is 18. The molecule has 0 radical (unpaired) electrons. The van der Waals surface area contributed by atoms with Gasteiger partial charge in [-0.05, 0) is 110 Å². The van der Waals surface area contributed by atoms with Crippen molar-refractivity contribution < 1.29 is 4.74 Å². The van der Waals surface area contributed by atoms with Crippen LogP contribution in [0.5, 0.6) is 0 Å². The molecule has 256 valence electrons. The van der Waals surface area contributed by atoms with E-state index in [0.29, 0.717) is 6.10 Å². The highest BCUT2D eigenvalue weighted by Crippen LogP contribution is 2.17. The van der Waals surface area contributed by atoms with E-state index in [0.717, 1.165) is 32.4 Å². The van der Waals surface area contributed by atoms with Gasteiger partial charge < -0.3 is 9.64 Å². The fourth-order valence-electron chi connectivity index (χ4n) is 5.51.